The number of rotatable bonds is 6. The van der Waals surface area contributed by atoms with Crippen LogP contribution in [0.5, 0.6) is 0 Å². The topological polar surface area (TPSA) is 42.4 Å². The fraction of sp³-hybridized carbons (Fsp3) is 0.417. The molecule has 1 aliphatic heterocycles. The van der Waals surface area contributed by atoms with Crippen molar-refractivity contribution in [1.29, 1.82) is 0 Å². The van der Waals surface area contributed by atoms with Gasteiger partial charge in [0.1, 0.15) is 0 Å². The average Bonchev–Trinajstić information content (AvgIpc) is 3.36. The number of carbonyl (C=O) groups excluding carboxylic acids is 1. The minimum Gasteiger partial charge on any atom is -0.376 e. The van der Waals surface area contributed by atoms with E-state index < -0.39 is 0 Å². The van der Waals surface area contributed by atoms with E-state index in [-0.39, 0.29) is 12.0 Å². The molecule has 1 amide bonds. The van der Waals surface area contributed by atoms with Crippen molar-refractivity contribution in [3.63, 3.8) is 0 Å². The van der Waals surface area contributed by atoms with Crippen LogP contribution in [0.2, 0.25) is 0 Å². The third kappa shape index (κ3) is 4.51. The van der Waals surface area contributed by atoms with E-state index in [1.165, 1.54) is 16.7 Å². The molecule has 1 aromatic heterocycles. The fourth-order valence-electron chi connectivity index (χ4n) is 3.72. The third-order valence-electron chi connectivity index (χ3n) is 5.72. The van der Waals surface area contributed by atoms with Crippen molar-refractivity contribution < 1.29 is 9.53 Å². The second-order valence-electron chi connectivity index (χ2n) is 7.89. The maximum atomic E-state index is 13.3. The minimum atomic E-state index is 0.0808. The summed E-state index contributed by atoms with van der Waals surface area (Å²) in [5, 5.41) is 0.774. The van der Waals surface area contributed by atoms with Gasteiger partial charge >= 0.3 is 0 Å². The second-order valence-corrected chi connectivity index (χ2v) is 8.90. The van der Waals surface area contributed by atoms with Crippen LogP contribution in [-0.2, 0) is 22.4 Å². The van der Waals surface area contributed by atoms with E-state index in [0.29, 0.717) is 13.0 Å². The van der Waals surface area contributed by atoms with E-state index in [1.54, 1.807) is 11.3 Å². The lowest BCUT2D eigenvalue weighted by molar-refractivity contribution is -0.118. The summed E-state index contributed by atoms with van der Waals surface area (Å²) < 4.78 is 6.96. The van der Waals surface area contributed by atoms with E-state index in [9.17, 15) is 4.79 Å². The molecular formula is C24H28N2O2S. The number of hydrogen-bond donors (Lipinski definition) is 0. The Labute approximate surface area is 176 Å². The van der Waals surface area contributed by atoms with E-state index in [1.807, 2.05) is 4.90 Å². The molecule has 2 heterocycles. The number of thiazole rings is 1. The third-order valence-corrected chi connectivity index (χ3v) is 6.76. The van der Waals surface area contributed by atoms with Gasteiger partial charge < -0.3 is 4.74 Å². The highest BCUT2D eigenvalue weighted by Gasteiger charge is 2.26. The molecule has 4 rings (SSSR count). The molecule has 0 N–H and O–H groups in total. The Morgan fingerprint density at radius 1 is 1.17 bits per heavy atom. The summed E-state index contributed by atoms with van der Waals surface area (Å²) in [5.41, 5.74) is 5.76. The molecule has 0 aliphatic carbocycles. The van der Waals surface area contributed by atoms with E-state index in [0.717, 1.165) is 46.8 Å². The van der Waals surface area contributed by atoms with Crippen LogP contribution in [0, 0.1) is 13.8 Å². The van der Waals surface area contributed by atoms with Crippen LogP contribution >= 0.6 is 11.3 Å². The number of carbonyl (C=O) groups is 1. The Morgan fingerprint density at radius 3 is 2.59 bits per heavy atom. The molecule has 1 aliphatic rings. The summed E-state index contributed by atoms with van der Waals surface area (Å²) >= 11 is 1.60. The normalized spacial score (nSPS) is 16.4. The van der Waals surface area contributed by atoms with Crippen molar-refractivity contribution in [2.24, 2.45) is 0 Å². The summed E-state index contributed by atoms with van der Waals surface area (Å²) in [6.45, 7) is 7.71. The quantitative estimate of drug-likeness (QED) is 0.561. The van der Waals surface area contributed by atoms with Gasteiger partial charge in [-0.25, -0.2) is 4.98 Å². The lowest BCUT2D eigenvalue weighted by Crippen LogP contribution is -2.38. The Morgan fingerprint density at radius 2 is 1.90 bits per heavy atom. The zero-order chi connectivity index (χ0) is 20.4. The van der Waals surface area contributed by atoms with Crippen molar-refractivity contribution in [2.75, 3.05) is 18.1 Å². The van der Waals surface area contributed by atoms with Gasteiger partial charge in [0.05, 0.1) is 29.3 Å². The zero-order valence-corrected chi connectivity index (χ0v) is 18.2. The lowest BCUT2D eigenvalue weighted by Gasteiger charge is -2.23. The van der Waals surface area contributed by atoms with Gasteiger partial charge in [-0.05, 0) is 67.5 Å². The van der Waals surface area contributed by atoms with Crippen LogP contribution in [0.4, 0.5) is 5.13 Å². The van der Waals surface area contributed by atoms with Crippen molar-refractivity contribution in [3.8, 4) is 0 Å². The molecule has 152 valence electrons. The number of anilines is 1. The van der Waals surface area contributed by atoms with Gasteiger partial charge in [-0.1, -0.05) is 42.5 Å². The molecule has 1 unspecified atom stereocenters. The monoisotopic (exact) mass is 408 g/mol. The van der Waals surface area contributed by atoms with Gasteiger partial charge in [-0.3, -0.25) is 9.69 Å². The maximum absolute atomic E-state index is 13.3. The van der Waals surface area contributed by atoms with Gasteiger partial charge in [0.2, 0.25) is 5.91 Å². The summed E-state index contributed by atoms with van der Waals surface area (Å²) in [5.74, 6) is 0.0808. The summed E-state index contributed by atoms with van der Waals surface area (Å²) in [7, 11) is 0. The van der Waals surface area contributed by atoms with Gasteiger partial charge in [0, 0.05) is 6.61 Å². The summed E-state index contributed by atoms with van der Waals surface area (Å²) in [4.78, 5) is 20.0. The molecule has 4 nitrogen and oxygen atoms in total. The Balaban J connectivity index is 1.62. The maximum Gasteiger partial charge on any atom is 0.233 e. The van der Waals surface area contributed by atoms with Crippen molar-refractivity contribution in [3.05, 3.63) is 58.7 Å². The number of fused-ring (bicyclic) bond motifs is 1. The van der Waals surface area contributed by atoms with Crippen molar-refractivity contribution in [2.45, 2.75) is 52.6 Å². The SMILES string of the molecule is CCc1ccc(CC(=O)N(CC2CCCO2)c2nc3cc(C)c(C)cc3s2)cc1. The molecule has 1 atom stereocenters. The predicted octanol–water partition coefficient (Wildman–Crippen LogP) is 5.23. The number of ether oxygens (including phenoxy) is 1. The first-order chi connectivity index (χ1) is 14.0. The molecule has 1 fully saturated rings. The van der Waals surface area contributed by atoms with Crippen LogP contribution < -0.4 is 4.90 Å². The largest absolute Gasteiger partial charge is 0.376 e. The van der Waals surface area contributed by atoms with E-state index >= 15 is 0 Å². The fourth-order valence-corrected chi connectivity index (χ4v) is 4.80. The molecule has 0 saturated carbocycles. The van der Waals surface area contributed by atoms with Crippen LogP contribution in [0.3, 0.4) is 0 Å². The predicted molar refractivity (Wildman–Crippen MR) is 120 cm³/mol. The number of hydrogen-bond acceptors (Lipinski definition) is 4. The molecule has 2 aromatic carbocycles. The molecule has 0 radical (unpaired) electrons. The zero-order valence-electron chi connectivity index (χ0n) is 17.4. The molecule has 3 aromatic rings. The Bertz CT molecular complexity index is 965. The van der Waals surface area contributed by atoms with Gasteiger partial charge in [0.25, 0.3) is 0 Å². The highest BCUT2D eigenvalue weighted by atomic mass is 32.1. The van der Waals surface area contributed by atoms with Gasteiger partial charge in [0.15, 0.2) is 5.13 Å². The van der Waals surface area contributed by atoms with Crippen LogP contribution in [-0.4, -0.2) is 30.1 Å². The standard InChI is InChI=1S/C24H28N2O2S/c1-4-18-7-9-19(10-8-18)14-23(27)26(15-20-6-5-11-28-20)24-25-21-12-16(2)17(3)13-22(21)29-24/h7-10,12-13,20H,4-6,11,14-15H2,1-3H3. The van der Waals surface area contributed by atoms with Crippen LogP contribution in [0.15, 0.2) is 36.4 Å². The molecule has 1 saturated heterocycles. The first kappa shape index (κ1) is 20.0. The van der Waals surface area contributed by atoms with Crippen molar-refractivity contribution in [1.82, 2.24) is 4.98 Å². The molecule has 5 heteroatoms. The second kappa shape index (κ2) is 8.64. The van der Waals surface area contributed by atoms with Crippen molar-refractivity contribution >= 4 is 32.6 Å². The van der Waals surface area contributed by atoms with Crippen LogP contribution in [0.1, 0.15) is 42.0 Å². The first-order valence-corrected chi connectivity index (χ1v) is 11.2. The summed E-state index contributed by atoms with van der Waals surface area (Å²) in [6.07, 6.45) is 3.53. The number of nitrogens with zero attached hydrogens (tertiary/aromatic N) is 2. The molecule has 0 spiro atoms. The van der Waals surface area contributed by atoms with Gasteiger partial charge in [-0.15, -0.1) is 0 Å². The minimum absolute atomic E-state index is 0.0808. The molecule has 0 bridgehead atoms. The highest BCUT2D eigenvalue weighted by molar-refractivity contribution is 7.22. The molecule has 29 heavy (non-hydrogen) atoms. The van der Waals surface area contributed by atoms with Gasteiger partial charge in [-0.2, -0.15) is 0 Å². The smallest absolute Gasteiger partial charge is 0.233 e. The number of aryl methyl sites for hydroxylation is 3. The highest BCUT2D eigenvalue weighted by Crippen LogP contribution is 2.32. The number of aromatic nitrogens is 1. The summed E-state index contributed by atoms with van der Waals surface area (Å²) in [6, 6.07) is 12.6. The lowest BCUT2D eigenvalue weighted by atomic mass is 10.1. The molecular weight excluding hydrogens is 380 g/mol. The number of amides is 1. The van der Waals surface area contributed by atoms with E-state index in [4.69, 9.17) is 9.72 Å². The average molecular weight is 409 g/mol. The Kier molecular flexibility index (Phi) is 5.97. The first-order valence-electron chi connectivity index (χ1n) is 10.4. The Hall–Kier alpha value is -2.24. The van der Waals surface area contributed by atoms with Crippen LogP contribution in [0.25, 0.3) is 10.2 Å². The number of benzene rings is 2. The van der Waals surface area contributed by atoms with E-state index in [2.05, 4.69) is 57.2 Å².